The second kappa shape index (κ2) is 10.5. The van der Waals surface area contributed by atoms with Gasteiger partial charge < -0.3 is 10.2 Å². The van der Waals surface area contributed by atoms with Gasteiger partial charge in [0.1, 0.15) is 0 Å². The molecule has 0 atom stereocenters. The van der Waals surface area contributed by atoms with Gasteiger partial charge in [-0.1, -0.05) is 34.1 Å². The summed E-state index contributed by atoms with van der Waals surface area (Å²) in [6, 6.07) is 12.1. The van der Waals surface area contributed by atoms with Crippen LogP contribution in [-0.4, -0.2) is 60.1 Å². The first-order valence-corrected chi connectivity index (χ1v) is 11.9. The van der Waals surface area contributed by atoms with Crippen LogP contribution in [0.1, 0.15) is 16.7 Å². The van der Waals surface area contributed by atoms with Gasteiger partial charge in [-0.05, 0) is 55.7 Å². The van der Waals surface area contributed by atoms with Gasteiger partial charge in [0.2, 0.25) is 11.8 Å². The quantitative estimate of drug-likeness (QED) is 0.616. The minimum Gasteiger partial charge on any atom is -0.339 e. The van der Waals surface area contributed by atoms with Crippen LogP contribution < -0.4 is 5.32 Å². The van der Waals surface area contributed by atoms with Crippen molar-refractivity contribution in [2.75, 3.05) is 43.8 Å². The number of anilines is 1. The van der Waals surface area contributed by atoms with Crippen molar-refractivity contribution in [3.05, 3.63) is 57.6 Å². The molecule has 160 valence electrons. The van der Waals surface area contributed by atoms with E-state index >= 15 is 0 Å². The third-order valence-electron chi connectivity index (χ3n) is 5.33. The summed E-state index contributed by atoms with van der Waals surface area (Å²) in [5, 5.41) is 3.04. The summed E-state index contributed by atoms with van der Waals surface area (Å²) < 4.78 is 1.05. The Kier molecular flexibility index (Phi) is 7.97. The summed E-state index contributed by atoms with van der Waals surface area (Å²) in [5.74, 6) is 0.589. The normalized spacial score (nSPS) is 14.6. The number of piperazine rings is 1. The lowest BCUT2D eigenvalue weighted by Gasteiger charge is -2.34. The Morgan fingerprint density at radius 2 is 1.67 bits per heavy atom. The molecule has 2 aromatic rings. The highest BCUT2D eigenvalue weighted by molar-refractivity contribution is 9.10. The summed E-state index contributed by atoms with van der Waals surface area (Å²) in [6.45, 7) is 9.16. The van der Waals surface area contributed by atoms with E-state index in [9.17, 15) is 9.59 Å². The van der Waals surface area contributed by atoms with Crippen molar-refractivity contribution in [2.45, 2.75) is 25.7 Å². The van der Waals surface area contributed by atoms with E-state index in [1.807, 2.05) is 49.1 Å². The van der Waals surface area contributed by atoms with Gasteiger partial charge in [-0.15, -0.1) is 11.8 Å². The maximum Gasteiger partial charge on any atom is 0.238 e. The first kappa shape index (κ1) is 22.8. The van der Waals surface area contributed by atoms with E-state index in [-0.39, 0.29) is 11.8 Å². The molecule has 3 rings (SSSR count). The van der Waals surface area contributed by atoms with Gasteiger partial charge in [0, 0.05) is 41.2 Å². The van der Waals surface area contributed by atoms with Crippen molar-refractivity contribution < 1.29 is 9.59 Å². The van der Waals surface area contributed by atoms with Crippen LogP contribution in [0, 0.1) is 20.8 Å². The third kappa shape index (κ3) is 6.09. The van der Waals surface area contributed by atoms with Crippen LogP contribution in [0.25, 0.3) is 0 Å². The molecule has 1 aliphatic rings. The molecule has 2 amide bonds. The number of hydrogen-bond donors (Lipinski definition) is 1. The average Bonchev–Trinajstić information content (AvgIpc) is 2.70. The summed E-state index contributed by atoms with van der Waals surface area (Å²) in [5.41, 5.74) is 4.20. The van der Waals surface area contributed by atoms with Crippen molar-refractivity contribution in [1.82, 2.24) is 9.80 Å². The average molecular weight is 490 g/mol. The molecule has 0 unspecified atom stereocenters. The van der Waals surface area contributed by atoms with Crippen molar-refractivity contribution in [2.24, 2.45) is 0 Å². The highest BCUT2D eigenvalue weighted by Crippen LogP contribution is 2.25. The fourth-order valence-electron chi connectivity index (χ4n) is 3.55. The van der Waals surface area contributed by atoms with E-state index in [4.69, 9.17) is 0 Å². The molecule has 1 heterocycles. The Bertz CT molecular complexity index is 906. The number of amides is 2. The number of carbonyl (C=O) groups is 2. The SMILES string of the molecule is Cc1cc(Br)ccc1SCC(=O)N1CCN(CC(=O)Nc2c(C)cccc2C)CC1. The Morgan fingerprint density at radius 1 is 1.00 bits per heavy atom. The van der Waals surface area contributed by atoms with Crippen molar-refractivity contribution in [3.63, 3.8) is 0 Å². The molecule has 0 saturated carbocycles. The molecule has 0 spiro atoms. The number of nitrogens with zero attached hydrogens (tertiary/aromatic N) is 2. The molecular formula is C23H28BrN3O2S. The molecule has 30 heavy (non-hydrogen) atoms. The standard InChI is InChI=1S/C23H28BrN3O2S/c1-16-5-4-6-17(2)23(16)25-21(28)14-26-9-11-27(12-10-26)22(29)15-30-20-8-7-19(24)13-18(20)3/h4-8,13H,9-12,14-15H2,1-3H3,(H,25,28). The summed E-state index contributed by atoms with van der Waals surface area (Å²) in [7, 11) is 0. The Balaban J connectivity index is 1.44. The number of benzene rings is 2. The molecule has 0 bridgehead atoms. The molecule has 1 fully saturated rings. The van der Waals surface area contributed by atoms with Gasteiger partial charge in [-0.25, -0.2) is 0 Å². The molecular weight excluding hydrogens is 462 g/mol. The van der Waals surface area contributed by atoms with Crippen LogP contribution in [0.3, 0.4) is 0 Å². The van der Waals surface area contributed by atoms with Gasteiger partial charge in [0.05, 0.1) is 12.3 Å². The highest BCUT2D eigenvalue weighted by atomic mass is 79.9. The maximum absolute atomic E-state index is 12.6. The summed E-state index contributed by atoms with van der Waals surface area (Å²) in [6.07, 6.45) is 0. The largest absolute Gasteiger partial charge is 0.339 e. The molecule has 5 nitrogen and oxygen atoms in total. The number of para-hydroxylation sites is 1. The first-order valence-electron chi connectivity index (χ1n) is 10.1. The van der Waals surface area contributed by atoms with E-state index in [0.29, 0.717) is 38.5 Å². The number of nitrogens with one attached hydrogen (secondary N) is 1. The smallest absolute Gasteiger partial charge is 0.238 e. The molecule has 0 aromatic heterocycles. The van der Waals surface area contributed by atoms with E-state index in [2.05, 4.69) is 39.1 Å². The summed E-state index contributed by atoms with van der Waals surface area (Å²) in [4.78, 5) is 30.2. The van der Waals surface area contributed by atoms with Crippen molar-refractivity contribution >= 4 is 45.2 Å². The molecule has 0 radical (unpaired) electrons. The number of halogens is 1. The second-order valence-corrected chi connectivity index (χ2v) is 9.60. The minimum absolute atomic E-state index is 0.00607. The van der Waals surface area contributed by atoms with Crippen molar-refractivity contribution in [3.8, 4) is 0 Å². The number of thioether (sulfide) groups is 1. The van der Waals surface area contributed by atoms with Gasteiger partial charge >= 0.3 is 0 Å². The highest BCUT2D eigenvalue weighted by Gasteiger charge is 2.23. The number of aryl methyl sites for hydroxylation is 3. The Morgan fingerprint density at radius 3 is 2.30 bits per heavy atom. The predicted molar refractivity (Wildman–Crippen MR) is 127 cm³/mol. The van der Waals surface area contributed by atoms with Gasteiger partial charge in [-0.3, -0.25) is 14.5 Å². The van der Waals surface area contributed by atoms with Crippen LogP contribution in [-0.2, 0) is 9.59 Å². The zero-order valence-corrected chi connectivity index (χ0v) is 20.1. The molecule has 1 aliphatic heterocycles. The Hall–Kier alpha value is -1.83. The van der Waals surface area contributed by atoms with E-state index in [0.717, 1.165) is 26.2 Å². The van der Waals surface area contributed by atoms with Crippen LogP contribution in [0.15, 0.2) is 45.8 Å². The number of hydrogen-bond acceptors (Lipinski definition) is 4. The molecule has 0 aliphatic carbocycles. The van der Waals surface area contributed by atoms with E-state index in [1.165, 1.54) is 5.56 Å². The van der Waals surface area contributed by atoms with E-state index in [1.54, 1.807) is 11.8 Å². The fourth-order valence-corrected chi connectivity index (χ4v) is 4.94. The van der Waals surface area contributed by atoms with Crippen LogP contribution in [0.5, 0.6) is 0 Å². The predicted octanol–water partition coefficient (Wildman–Crippen LogP) is 4.25. The van der Waals surface area contributed by atoms with Crippen LogP contribution in [0.2, 0.25) is 0 Å². The lowest BCUT2D eigenvalue weighted by atomic mass is 10.1. The second-order valence-electron chi connectivity index (χ2n) is 7.67. The van der Waals surface area contributed by atoms with Crippen molar-refractivity contribution in [1.29, 1.82) is 0 Å². The number of rotatable bonds is 6. The molecule has 7 heteroatoms. The lowest BCUT2D eigenvalue weighted by molar-refractivity contribution is -0.130. The number of carbonyl (C=O) groups excluding carboxylic acids is 2. The van der Waals surface area contributed by atoms with Gasteiger partial charge in [-0.2, -0.15) is 0 Å². The fraction of sp³-hybridized carbons (Fsp3) is 0.391. The zero-order chi connectivity index (χ0) is 21.7. The molecule has 1 saturated heterocycles. The van der Waals surface area contributed by atoms with Crippen LogP contribution in [0.4, 0.5) is 5.69 Å². The molecule has 2 aromatic carbocycles. The van der Waals surface area contributed by atoms with E-state index < -0.39 is 0 Å². The first-order chi connectivity index (χ1) is 14.3. The minimum atomic E-state index is -0.00607. The van der Waals surface area contributed by atoms with Crippen LogP contribution >= 0.6 is 27.7 Å². The zero-order valence-electron chi connectivity index (χ0n) is 17.7. The lowest BCUT2D eigenvalue weighted by Crippen LogP contribution is -2.50. The topological polar surface area (TPSA) is 52.7 Å². The van der Waals surface area contributed by atoms with Gasteiger partial charge in [0.25, 0.3) is 0 Å². The monoisotopic (exact) mass is 489 g/mol. The molecule has 1 N–H and O–H groups in total. The van der Waals surface area contributed by atoms with Gasteiger partial charge in [0.15, 0.2) is 0 Å². The maximum atomic E-state index is 12.6. The Labute approximate surface area is 191 Å². The summed E-state index contributed by atoms with van der Waals surface area (Å²) >= 11 is 5.05. The third-order valence-corrected chi connectivity index (χ3v) is 6.98.